The number of terminal acetylenes is 1. The average molecular weight is 420 g/mol. The van der Waals surface area contributed by atoms with Crippen LogP contribution in [-0.4, -0.2) is 15.9 Å². The Morgan fingerprint density at radius 3 is 1.71 bits per heavy atom. The Bertz CT molecular complexity index is 1370. The lowest BCUT2D eigenvalue weighted by atomic mass is 9.87. The second kappa shape index (κ2) is 7.67. The van der Waals surface area contributed by atoms with Gasteiger partial charge in [0, 0.05) is 32.5 Å². The van der Waals surface area contributed by atoms with Gasteiger partial charge >= 0.3 is 0 Å². The summed E-state index contributed by atoms with van der Waals surface area (Å²) in [5, 5.41) is 13.8. The first-order valence-electron chi connectivity index (χ1n) is 10.1. The fourth-order valence-electron chi connectivity index (χ4n) is 4.22. The van der Waals surface area contributed by atoms with E-state index in [4.69, 9.17) is 6.42 Å². The lowest BCUT2D eigenvalue weighted by molar-refractivity contribution is 0.145. The van der Waals surface area contributed by atoms with Crippen LogP contribution in [0.5, 0.6) is 0 Å². The van der Waals surface area contributed by atoms with Crippen LogP contribution in [-0.2, 0) is 5.60 Å². The monoisotopic (exact) mass is 419 g/mol. The molecule has 0 saturated heterocycles. The molecule has 31 heavy (non-hydrogen) atoms. The van der Waals surface area contributed by atoms with Crippen LogP contribution < -0.4 is 0 Å². The van der Waals surface area contributed by atoms with Crippen LogP contribution in [0, 0.1) is 12.3 Å². The van der Waals surface area contributed by atoms with Crippen molar-refractivity contribution in [2.24, 2.45) is 0 Å². The standard InChI is InChI=1S/C28H21NOS/c1-3-28(30,21-14-18-23(31-2)19-15-21)20-12-16-22(17-13-20)29-26-10-6-4-8-24(26)25-9-5-7-11-27(25)29/h1,4-19,30H,2H3. The predicted octanol–water partition coefficient (Wildman–Crippen LogP) is 6.37. The highest BCUT2D eigenvalue weighted by Crippen LogP contribution is 2.34. The van der Waals surface area contributed by atoms with Crippen molar-refractivity contribution in [1.29, 1.82) is 0 Å². The van der Waals surface area contributed by atoms with Gasteiger partial charge in [-0.25, -0.2) is 0 Å². The number of nitrogens with zero attached hydrogens (tertiary/aromatic N) is 1. The number of hydrogen-bond donors (Lipinski definition) is 1. The molecule has 1 heterocycles. The van der Waals surface area contributed by atoms with E-state index in [-0.39, 0.29) is 0 Å². The van der Waals surface area contributed by atoms with Crippen molar-refractivity contribution in [2.75, 3.05) is 6.26 Å². The molecule has 0 spiro atoms. The van der Waals surface area contributed by atoms with Crippen molar-refractivity contribution in [3.63, 3.8) is 0 Å². The highest BCUT2D eigenvalue weighted by atomic mass is 32.2. The Morgan fingerprint density at radius 1 is 0.742 bits per heavy atom. The smallest absolute Gasteiger partial charge is 0.176 e. The van der Waals surface area contributed by atoms with Gasteiger partial charge in [0.15, 0.2) is 5.60 Å². The quantitative estimate of drug-likeness (QED) is 0.270. The van der Waals surface area contributed by atoms with Gasteiger partial charge in [0.1, 0.15) is 0 Å². The highest BCUT2D eigenvalue weighted by molar-refractivity contribution is 7.98. The Labute approximate surface area is 186 Å². The Balaban J connectivity index is 1.62. The molecule has 0 fully saturated rings. The second-order valence-corrected chi connectivity index (χ2v) is 8.38. The van der Waals surface area contributed by atoms with E-state index < -0.39 is 5.60 Å². The summed E-state index contributed by atoms with van der Waals surface area (Å²) in [6.07, 6.45) is 7.84. The Hall–Kier alpha value is -3.45. The topological polar surface area (TPSA) is 25.2 Å². The van der Waals surface area contributed by atoms with Gasteiger partial charge < -0.3 is 9.67 Å². The fraction of sp³-hybridized carbons (Fsp3) is 0.0714. The van der Waals surface area contributed by atoms with Crippen LogP contribution in [0.2, 0.25) is 0 Å². The molecular weight excluding hydrogens is 398 g/mol. The molecule has 1 N–H and O–H groups in total. The summed E-state index contributed by atoms with van der Waals surface area (Å²) in [6, 6.07) is 32.4. The summed E-state index contributed by atoms with van der Waals surface area (Å²) in [5.74, 6) is 2.60. The third-order valence-corrected chi connectivity index (χ3v) is 6.58. The van der Waals surface area contributed by atoms with E-state index >= 15 is 0 Å². The molecule has 1 aromatic heterocycles. The maximum atomic E-state index is 11.3. The zero-order valence-corrected chi connectivity index (χ0v) is 17.9. The zero-order valence-electron chi connectivity index (χ0n) is 17.1. The van der Waals surface area contributed by atoms with E-state index in [2.05, 4.69) is 59.0 Å². The second-order valence-electron chi connectivity index (χ2n) is 7.50. The lowest BCUT2D eigenvalue weighted by Gasteiger charge is -2.24. The Morgan fingerprint density at radius 2 is 1.23 bits per heavy atom. The van der Waals surface area contributed by atoms with E-state index in [1.165, 1.54) is 10.8 Å². The van der Waals surface area contributed by atoms with E-state index in [1.807, 2.05) is 54.8 Å². The largest absolute Gasteiger partial charge is 0.369 e. The number of para-hydroxylation sites is 2. The number of benzene rings is 4. The number of thioether (sulfide) groups is 1. The van der Waals surface area contributed by atoms with Crippen LogP contribution in [0.25, 0.3) is 27.5 Å². The molecule has 2 nitrogen and oxygen atoms in total. The number of rotatable bonds is 4. The van der Waals surface area contributed by atoms with Crippen LogP contribution in [0.3, 0.4) is 0 Å². The molecule has 4 aromatic carbocycles. The molecule has 0 saturated carbocycles. The fourth-order valence-corrected chi connectivity index (χ4v) is 4.63. The number of fused-ring (bicyclic) bond motifs is 3. The van der Waals surface area contributed by atoms with E-state index in [9.17, 15) is 5.11 Å². The van der Waals surface area contributed by atoms with Gasteiger partial charge in [0.05, 0.1) is 11.0 Å². The van der Waals surface area contributed by atoms with Crippen LogP contribution in [0.4, 0.5) is 0 Å². The summed E-state index contributed by atoms with van der Waals surface area (Å²) in [6.45, 7) is 0. The highest BCUT2D eigenvalue weighted by Gasteiger charge is 2.29. The molecule has 0 amide bonds. The molecule has 3 heteroatoms. The van der Waals surface area contributed by atoms with Gasteiger partial charge in [-0.2, -0.15) is 0 Å². The van der Waals surface area contributed by atoms with Gasteiger partial charge in [-0.1, -0.05) is 66.6 Å². The van der Waals surface area contributed by atoms with Gasteiger partial charge in [-0.3, -0.25) is 0 Å². The molecule has 150 valence electrons. The minimum absolute atomic E-state index is 0.677. The third kappa shape index (κ3) is 3.13. The van der Waals surface area contributed by atoms with Gasteiger partial charge in [-0.05, 0) is 42.7 Å². The number of aliphatic hydroxyl groups is 1. The SMILES string of the molecule is C#CC(O)(c1ccc(SC)cc1)c1ccc(-n2c3ccccc3c3ccccc32)cc1. The Kier molecular flexibility index (Phi) is 4.82. The van der Waals surface area contributed by atoms with Crippen molar-refractivity contribution in [3.8, 4) is 18.0 Å². The summed E-state index contributed by atoms with van der Waals surface area (Å²) < 4.78 is 2.25. The van der Waals surface area contributed by atoms with Crippen molar-refractivity contribution >= 4 is 33.6 Å². The minimum atomic E-state index is -1.48. The summed E-state index contributed by atoms with van der Waals surface area (Å²) in [7, 11) is 0. The maximum Gasteiger partial charge on any atom is 0.176 e. The molecule has 1 unspecified atom stereocenters. The van der Waals surface area contributed by atoms with E-state index in [0.29, 0.717) is 11.1 Å². The average Bonchev–Trinajstić information content (AvgIpc) is 3.18. The van der Waals surface area contributed by atoms with Crippen LogP contribution >= 0.6 is 11.8 Å². The first-order chi connectivity index (χ1) is 15.2. The molecule has 5 aromatic rings. The molecule has 0 bridgehead atoms. The predicted molar refractivity (Wildman–Crippen MR) is 131 cm³/mol. The molecule has 1 atom stereocenters. The van der Waals surface area contributed by atoms with Crippen molar-refractivity contribution in [2.45, 2.75) is 10.5 Å². The van der Waals surface area contributed by atoms with Gasteiger partial charge in [0.2, 0.25) is 0 Å². The molecule has 0 aliphatic carbocycles. The van der Waals surface area contributed by atoms with Crippen LogP contribution in [0.1, 0.15) is 11.1 Å². The third-order valence-electron chi connectivity index (χ3n) is 5.84. The van der Waals surface area contributed by atoms with Gasteiger partial charge in [-0.15, -0.1) is 18.2 Å². The maximum absolute atomic E-state index is 11.3. The molecule has 0 radical (unpaired) electrons. The van der Waals surface area contributed by atoms with Gasteiger partial charge in [0.25, 0.3) is 0 Å². The molecule has 5 rings (SSSR count). The first kappa shape index (κ1) is 19.5. The van der Waals surface area contributed by atoms with E-state index in [0.717, 1.165) is 21.6 Å². The summed E-state index contributed by atoms with van der Waals surface area (Å²) in [5.41, 5.74) is 3.22. The lowest BCUT2D eigenvalue weighted by Crippen LogP contribution is -2.25. The van der Waals surface area contributed by atoms with E-state index in [1.54, 1.807) is 11.8 Å². The minimum Gasteiger partial charge on any atom is -0.369 e. The first-order valence-corrected chi connectivity index (χ1v) is 11.3. The zero-order chi connectivity index (χ0) is 21.4. The van der Waals surface area contributed by atoms with Crippen molar-refractivity contribution in [1.82, 2.24) is 4.57 Å². The molecule has 0 aliphatic heterocycles. The van der Waals surface area contributed by atoms with Crippen LogP contribution in [0.15, 0.2) is 102 Å². The molecule has 0 aliphatic rings. The number of aromatic nitrogens is 1. The summed E-state index contributed by atoms with van der Waals surface area (Å²) >= 11 is 1.66. The summed E-state index contributed by atoms with van der Waals surface area (Å²) in [4.78, 5) is 1.13. The number of hydrogen-bond acceptors (Lipinski definition) is 2. The van der Waals surface area contributed by atoms with Crippen molar-refractivity contribution < 1.29 is 5.11 Å². The van der Waals surface area contributed by atoms with Crippen molar-refractivity contribution in [3.05, 3.63) is 108 Å². The normalized spacial score (nSPS) is 13.2. The molecular formula is C28H21NOS.